The molecule has 0 heterocycles. The van der Waals surface area contributed by atoms with Crippen molar-refractivity contribution in [3.8, 4) is 5.75 Å². The molecule has 2 rings (SSSR count). The first-order chi connectivity index (χ1) is 8.72. The van der Waals surface area contributed by atoms with E-state index in [4.69, 9.17) is 10.6 Å². The summed E-state index contributed by atoms with van der Waals surface area (Å²) in [6.45, 7) is 0.436. The predicted octanol–water partition coefficient (Wildman–Crippen LogP) is 1.52. The topological polar surface area (TPSA) is 76.4 Å². The van der Waals surface area contributed by atoms with Gasteiger partial charge in [0.1, 0.15) is 5.75 Å². The second-order valence-electron chi connectivity index (χ2n) is 3.87. The van der Waals surface area contributed by atoms with Crippen molar-refractivity contribution in [3.63, 3.8) is 0 Å². The van der Waals surface area contributed by atoms with Crippen LogP contribution in [0.1, 0.15) is 5.56 Å². The maximum atomic E-state index is 11.0. The Labute approximate surface area is 105 Å². The minimum atomic E-state index is -0.398. The summed E-state index contributed by atoms with van der Waals surface area (Å²) < 4.78 is 5.17. The highest BCUT2D eigenvalue weighted by Gasteiger charge is 2.00. The molecule has 0 spiro atoms. The van der Waals surface area contributed by atoms with E-state index >= 15 is 0 Å². The number of carbonyl (C=O) groups excluding carboxylic acids is 1. The van der Waals surface area contributed by atoms with Crippen LogP contribution in [0.2, 0.25) is 0 Å². The highest BCUT2D eigenvalue weighted by molar-refractivity contribution is 5.84. The van der Waals surface area contributed by atoms with E-state index in [1.807, 2.05) is 41.8 Å². The van der Waals surface area contributed by atoms with Gasteiger partial charge in [0.05, 0.1) is 7.11 Å². The first-order valence-electron chi connectivity index (χ1n) is 5.54. The molecule has 0 bridgehead atoms. The largest absolute Gasteiger partial charge is 0.497 e. The van der Waals surface area contributed by atoms with Crippen LogP contribution in [0.15, 0.2) is 36.4 Å². The fourth-order valence-electron chi connectivity index (χ4n) is 1.74. The third-order valence-electron chi connectivity index (χ3n) is 2.70. The number of fused-ring (bicyclic) bond motifs is 1. The maximum Gasteiger partial charge on any atom is 0.329 e. The second kappa shape index (κ2) is 5.37. The minimum Gasteiger partial charge on any atom is -0.497 e. The molecule has 4 N–H and O–H groups in total. The molecule has 5 nitrogen and oxygen atoms in total. The fourth-order valence-corrected chi connectivity index (χ4v) is 1.74. The third kappa shape index (κ3) is 2.70. The van der Waals surface area contributed by atoms with E-state index in [0.717, 1.165) is 22.1 Å². The lowest BCUT2D eigenvalue weighted by molar-refractivity contribution is 0.241. The van der Waals surface area contributed by atoms with Gasteiger partial charge in [0.25, 0.3) is 0 Å². The van der Waals surface area contributed by atoms with Crippen LogP contribution in [-0.4, -0.2) is 13.1 Å². The number of ether oxygens (including phenoxy) is 1. The number of amides is 2. The molecule has 2 aromatic carbocycles. The predicted molar refractivity (Wildman–Crippen MR) is 70.1 cm³/mol. The number of urea groups is 1. The van der Waals surface area contributed by atoms with Gasteiger partial charge >= 0.3 is 6.03 Å². The summed E-state index contributed by atoms with van der Waals surface area (Å²) in [7, 11) is 1.64. The van der Waals surface area contributed by atoms with Crippen molar-refractivity contribution in [3.05, 3.63) is 42.0 Å². The number of hydrazine groups is 1. The van der Waals surface area contributed by atoms with E-state index in [1.54, 1.807) is 7.11 Å². The van der Waals surface area contributed by atoms with E-state index < -0.39 is 6.03 Å². The average Bonchev–Trinajstić information content (AvgIpc) is 2.43. The Morgan fingerprint density at radius 3 is 2.67 bits per heavy atom. The van der Waals surface area contributed by atoms with Gasteiger partial charge in [0, 0.05) is 6.54 Å². The number of benzene rings is 2. The number of nitrogens with two attached hydrogens (primary N) is 1. The Hall–Kier alpha value is -2.27. The van der Waals surface area contributed by atoms with Crippen LogP contribution >= 0.6 is 0 Å². The van der Waals surface area contributed by atoms with E-state index in [-0.39, 0.29) is 0 Å². The van der Waals surface area contributed by atoms with Gasteiger partial charge in [-0.05, 0) is 34.5 Å². The average molecular weight is 245 g/mol. The molecule has 0 atom stereocenters. The zero-order valence-corrected chi connectivity index (χ0v) is 10.1. The molecule has 0 aromatic heterocycles. The van der Waals surface area contributed by atoms with Crippen LogP contribution < -0.4 is 21.3 Å². The van der Waals surface area contributed by atoms with Crippen LogP contribution in [0.25, 0.3) is 10.8 Å². The number of hydrogen-bond acceptors (Lipinski definition) is 3. The number of hydrogen-bond donors (Lipinski definition) is 3. The molecule has 0 aliphatic carbocycles. The molecule has 0 unspecified atom stereocenters. The molecule has 0 aliphatic rings. The number of methoxy groups -OCH3 is 1. The van der Waals surface area contributed by atoms with Gasteiger partial charge in [0.2, 0.25) is 0 Å². The monoisotopic (exact) mass is 245 g/mol. The van der Waals surface area contributed by atoms with Crippen molar-refractivity contribution >= 4 is 16.8 Å². The van der Waals surface area contributed by atoms with Crippen LogP contribution in [-0.2, 0) is 6.54 Å². The van der Waals surface area contributed by atoms with E-state index in [2.05, 4.69) is 5.32 Å². The Kier molecular flexibility index (Phi) is 3.64. The minimum absolute atomic E-state index is 0.398. The van der Waals surface area contributed by atoms with Crippen molar-refractivity contribution in [2.75, 3.05) is 7.11 Å². The van der Waals surface area contributed by atoms with Crippen molar-refractivity contribution in [2.24, 2.45) is 5.84 Å². The van der Waals surface area contributed by atoms with Crippen LogP contribution in [0.3, 0.4) is 0 Å². The molecule has 2 aromatic rings. The van der Waals surface area contributed by atoms with E-state index in [9.17, 15) is 4.79 Å². The van der Waals surface area contributed by atoms with Gasteiger partial charge in [-0.1, -0.05) is 18.2 Å². The number of carbonyl (C=O) groups is 1. The second-order valence-corrected chi connectivity index (χ2v) is 3.87. The standard InChI is InChI=1S/C13H15N3O2/c1-18-12-5-4-10-6-9(2-3-11(10)7-12)8-15-13(17)16-14/h2-7H,8,14H2,1H3,(H2,15,16,17). The summed E-state index contributed by atoms with van der Waals surface area (Å²) in [6, 6.07) is 11.4. The zero-order chi connectivity index (χ0) is 13.0. The van der Waals surface area contributed by atoms with Crippen LogP contribution in [0, 0.1) is 0 Å². The lowest BCUT2D eigenvalue weighted by Gasteiger charge is -2.07. The van der Waals surface area contributed by atoms with Crippen molar-refractivity contribution in [2.45, 2.75) is 6.54 Å². The molecule has 0 radical (unpaired) electrons. The molecular formula is C13H15N3O2. The summed E-state index contributed by atoms with van der Waals surface area (Å²) in [5.41, 5.74) is 3.03. The molecule has 5 heteroatoms. The third-order valence-corrected chi connectivity index (χ3v) is 2.70. The van der Waals surface area contributed by atoms with Gasteiger partial charge in [0.15, 0.2) is 0 Å². The van der Waals surface area contributed by atoms with E-state index in [0.29, 0.717) is 6.54 Å². The van der Waals surface area contributed by atoms with E-state index in [1.165, 1.54) is 0 Å². The molecule has 0 saturated carbocycles. The number of nitrogens with one attached hydrogen (secondary N) is 2. The van der Waals surface area contributed by atoms with Gasteiger partial charge in [-0.3, -0.25) is 5.43 Å². The molecule has 0 aliphatic heterocycles. The zero-order valence-electron chi connectivity index (χ0n) is 10.1. The summed E-state index contributed by atoms with van der Waals surface area (Å²) in [5.74, 6) is 5.81. The van der Waals surface area contributed by atoms with Gasteiger partial charge in [-0.15, -0.1) is 0 Å². The fraction of sp³-hybridized carbons (Fsp3) is 0.154. The Morgan fingerprint density at radius 2 is 1.94 bits per heavy atom. The van der Waals surface area contributed by atoms with Gasteiger partial charge in [-0.25, -0.2) is 10.6 Å². The summed E-state index contributed by atoms with van der Waals surface area (Å²) >= 11 is 0. The molecule has 2 amide bonds. The lowest BCUT2D eigenvalue weighted by atomic mass is 10.1. The summed E-state index contributed by atoms with van der Waals surface area (Å²) in [5, 5.41) is 4.83. The molecular weight excluding hydrogens is 230 g/mol. The van der Waals surface area contributed by atoms with Crippen molar-refractivity contribution in [1.29, 1.82) is 0 Å². The normalized spacial score (nSPS) is 10.1. The van der Waals surface area contributed by atoms with Crippen molar-refractivity contribution in [1.82, 2.24) is 10.7 Å². The molecule has 94 valence electrons. The van der Waals surface area contributed by atoms with Gasteiger partial charge < -0.3 is 10.1 Å². The quantitative estimate of drug-likeness (QED) is 0.436. The molecule has 18 heavy (non-hydrogen) atoms. The van der Waals surface area contributed by atoms with Crippen LogP contribution in [0.5, 0.6) is 5.75 Å². The molecule has 0 saturated heterocycles. The summed E-state index contributed by atoms with van der Waals surface area (Å²) in [4.78, 5) is 11.0. The highest BCUT2D eigenvalue weighted by atomic mass is 16.5. The SMILES string of the molecule is COc1ccc2cc(CNC(=O)NN)ccc2c1. The van der Waals surface area contributed by atoms with Crippen molar-refractivity contribution < 1.29 is 9.53 Å². The van der Waals surface area contributed by atoms with Crippen LogP contribution in [0.4, 0.5) is 4.79 Å². The number of rotatable bonds is 3. The lowest BCUT2D eigenvalue weighted by Crippen LogP contribution is -2.39. The smallest absolute Gasteiger partial charge is 0.329 e. The molecule has 0 fully saturated rings. The van der Waals surface area contributed by atoms with Gasteiger partial charge in [-0.2, -0.15) is 0 Å². The Bertz CT molecular complexity index is 569. The Morgan fingerprint density at radius 1 is 1.22 bits per heavy atom. The Balaban J connectivity index is 2.20. The maximum absolute atomic E-state index is 11.0. The highest BCUT2D eigenvalue weighted by Crippen LogP contribution is 2.21. The first-order valence-corrected chi connectivity index (χ1v) is 5.54. The first kappa shape index (κ1) is 12.2. The summed E-state index contributed by atoms with van der Waals surface area (Å²) in [6.07, 6.45) is 0.